The summed E-state index contributed by atoms with van der Waals surface area (Å²) >= 11 is 0. The van der Waals surface area contributed by atoms with Crippen molar-refractivity contribution in [1.82, 2.24) is 0 Å². The first-order valence-corrected chi connectivity index (χ1v) is 7.77. The van der Waals surface area contributed by atoms with Crippen molar-refractivity contribution in [1.29, 1.82) is 0 Å². The number of hydrogen-bond acceptors (Lipinski definition) is 3. The Bertz CT molecular complexity index is 979. The monoisotopic (exact) mass is 334 g/mol. The minimum Gasteiger partial charge on any atom is -0.478 e. The molecule has 3 aromatic carbocycles. The molecule has 5 nitrogen and oxygen atoms in total. The summed E-state index contributed by atoms with van der Waals surface area (Å²) in [5.41, 5.74) is 8.39. The summed E-state index contributed by atoms with van der Waals surface area (Å²) in [6, 6.07) is 16.2. The first kappa shape index (κ1) is 16.5. The summed E-state index contributed by atoms with van der Waals surface area (Å²) in [7, 11) is 3.70. The molecule has 3 aromatic rings. The lowest BCUT2D eigenvalue weighted by Gasteiger charge is -2.22. The van der Waals surface area contributed by atoms with Crippen molar-refractivity contribution in [2.45, 2.75) is 0 Å². The molecule has 5 heteroatoms. The zero-order valence-corrected chi connectivity index (χ0v) is 14.0. The number of rotatable bonds is 4. The molecule has 3 rings (SSSR count). The molecule has 0 fully saturated rings. The third-order valence-corrected chi connectivity index (χ3v) is 4.18. The summed E-state index contributed by atoms with van der Waals surface area (Å²) in [5, 5.41) is 10.7. The van der Waals surface area contributed by atoms with E-state index in [2.05, 4.69) is 0 Å². The van der Waals surface area contributed by atoms with E-state index in [4.69, 9.17) is 5.73 Å². The van der Waals surface area contributed by atoms with Crippen LogP contribution in [0.25, 0.3) is 21.9 Å². The highest BCUT2D eigenvalue weighted by Gasteiger charge is 2.21. The lowest BCUT2D eigenvalue weighted by Crippen LogP contribution is -2.16. The van der Waals surface area contributed by atoms with Gasteiger partial charge in [-0.15, -0.1) is 0 Å². The lowest BCUT2D eigenvalue weighted by atomic mass is 9.89. The second kappa shape index (κ2) is 6.28. The number of nitrogens with two attached hydrogens (primary N) is 1. The number of benzene rings is 3. The first-order valence-electron chi connectivity index (χ1n) is 7.77. The fourth-order valence-corrected chi connectivity index (χ4v) is 3.09. The van der Waals surface area contributed by atoms with E-state index in [9.17, 15) is 14.7 Å². The number of fused-ring (bicyclic) bond motifs is 1. The topological polar surface area (TPSA) is 83.6 Å². The number of carbonyl (C=O) groups is 2. The number of carbonyl (C=O) groups excluding carboxylic acids is 1. The van der Waals surface area contributed by atoms with Crippen molar-refractivity contribution in [3.05, 3.63) is 65.7 Å². The molecule has 0 spiro atoms. The second-order valence-electron chi connectivity index (χ2n) is 5.98. The van der Waals surface area contributed by atoms with Crippen LogP contribution in [0.1, 0.15) is 20.7 Å². The molecular weight excluding hydrogens is 316 g/mol. The minimum absolute atomic E-state index is 0.141. The summed E-state index contributed by atoms with van der Waals surface area (Å²) in [5.74, 6) is -1.63. The van der Waals surface area contributed by atoms with Gasteiger partial charge in [0, 0.05) is 36.3 Å². The van der Waals surface area contributed by atoms with E-state index in [1.807, 2.05) is 49.3 Å². The van der Waals surface area contributed by atoms with Gasteiger partial charge in [0.2, 0.25) is 5.91 Å². The molecular formula is C20H18N2O3. The SMILES string of the molecule is CN(C)c1cc(C(N)=O)c2cccc(C(=O)O)c2c1-c1ccccc1. The average molecular weight is 334 g/mol. The largest absolute Gasteiger partial charge is 0.478 e. The van der Waals surface area contributed by atoms with Gasteiger partial charge in [0.05, 0.1) is 5.56 Å². The number of amides is 1. The van der Waals surface area contributed by atoms with Crippen molar-refractivity contribution < 1.29 is 14.7 Å². The highest BCUT2D eigenvalue weighted by molar-refractivity contribution is 6.19. The van der Waals surface area contributed by atoms with Gasteiger partial charge in [0.1, 0.15) is 0 Å². The molecule has 0 saturated heterocycles. The molecule has 0 bridgehead atoms. The average Bonchev–Trinajstić information content (AvgIpc) is 2.59. The van der Waals surface area contributed by atoms with Crippen molar-refractivity contribution in [3.8, 4) is 11.1 Å². The fraction of sp³-hybridized carbons (Fsp3) is 0.100. The van der Waals surface area contributed by atoms with Crippen LogP contribution in [0.15, 0.2) is 54.6 Å². The fourth-order valence-electron chi connectivity index (χ4n) is 3.09. The van der Waals surface area contributed by atoms with Crippen LogP contribution in [0, 0.1) is 0 Å². The predicted octanol–water partition coefficient (Wildman–Crippen LogP) is 3.37. The molecule has 0 heterocycles. The van der Waals surface area contributed by atoms with E-state index in [0.29, 0.717) is 16.3 Å². The summed E-state index contributed by atoms with van der Waals surface area (Å²) in [4.78, 5) is 25.7. The van der Waals surface area contributed by atoms with Gasteiger partial charge >= 0.3 is 5.97 Å². The molecule has 1 amide bonds. The molecule has 0 radical (unpaired) electrons. The maximum absolute atomic E-state index is 12.0. The number of carboxylic acid groups (broad SMARTS) is 1. The van der Waals surface area contributed by atoms with Crippen LogP contribution in [0.3, 0.4) is 0 Å². The van der Waals surface area contributed by atoms with Crippen LogP contribution < -0.4 is 10.6 Å². The van der Waals surface area contributed by atoms with Gasteiger partial charge in [0.15, 0.2) is 0 Å². The van der Waals surface area contributed by atoms with Gasteiger partial charge in [-0.1, -0.05) is 42.5 Å². The molecule has 0 aromatic heterocycles. The quantitative estimate of drug-likeness (QED) is 0.766. The van der Waals surface area contributed by atoms with Crippen molar-refractivity contribution in [2.24, 2.45) is 5.73 Å². The van der Waals surface area contributed by atoms with Crippen LogP contribution in [0.5, 0.6) is 0 Å². The van der Waals surface area contributed by atoms with Crippen molar-refractivity contribution >= 4 is 28.3 Å². The van der Waals surface area contributed by atoms with Gasteiger partial charge < -0.3 is 15.7 Å². The van der Waals surface area contributed by atoms with E-state index < -0.39 is 11.9 Å². The van der Waals surface area contributed by atoms with Gasteiger partial charge in [-0.25, -0.2) is 4.79 Å². The molecule has 3 N–H and O–H groups in total. The number of nitrogens with zero attached hydrogens (tertiary/aromatic N) is 1. The van der Waals surface area contributed by atoms with Crippen LogP contribution >= 0.6 is 0 Å². The highest BCUT2D eigenvalue weighted by Crippen LogP contribution is 2.40. The second-order valence-corrected chi connectivity index (χ2v) is 5.98. The number of hydrogen-bond donors (Lipinski definition) is 2. The number of aromatic carboxylic acids is 1. The molecule has 25 heavy (non-hydrogen) atoms. The summed E-state index contributed by atoms with van der Waals surface area (Å²) in [6.07, 6.45) is 0. The van der Waals surface area contributed by atoms with Gasteiger partial charge in [-0.05, 0) is 23.1 Å². The molecule has 0 saturated carbocycles. The van der Waals surface area contributed by atoms with Crippen LogP contribution in [0.2, 0.25) is 0 Å². The van der Waals surface area contributed by atoms with Crippen molar-refractivity contribution in [2.75, 3.05) is 19.0 Å². The maximum atomic E-state index is 12.0. The Morgan fingerprint density at radius 3 is 2.20 bits per heavy atom. The molecule has 0 aliphatic carbocycles. The van der Waals surface area contributed by atoms with Crippen LogP contribution in [-0.4, -0.2) is 31.1 Å². The Morgan fingerprint density at radius 2 is 1.64 bits per heavy atom. The number of anilines is 1. The van der Waals surface area contributed by atoms with E-state index in [0.717, 1.165) is 16.8 Å². The van der Waals surface area contributed by atoms with Crippen LogP contribution in [0.4, 0.5) is 5.69 Å². The van der Waals surface area contributed by atoms with Crippen LogP contribution in [-0.2, 0) is 0 Å². The zero-order valence-electron chi connectivity index (χ0n) is 14.0. The molecule has 0 aliphatic heterocycles. The molecule has 0 atom stereocenters. The molecule has 0 aliphatic rings. The smallest absolute Gasteiger partial charge is 0.336 e. The summed E-state index contributed by atoms with van der Waals surface area (Å²) in [6.45, 7) is 0. The third kappa shape index (κ3) is 2.80. The standard InChI is InChI=1S/C20H18N2O3/c1-22(2)16-11-15(19(21)23)13-9-6-10-14(20(24)25)18(13)17(16)12-7-4-3-5-8-12/h3-11H,1-2H3,(H2,21,23)(H,24,25). The Kier molecular flexibility index (Phi) is 4.15. The Labute approximate surface area is 145 Å². The number of carboxylic acids is 1. The summed E-state index contributed by atoms with van der Waals surface area (Å²) < 4.78 is 0. The number of primary amides is 1. The minimum atomic E-state index is -1.05. The molecule has 0 unspecified atom stereocenters. The zero-order chi connectivity index (χ0) is 18.1. The van der Waals surface area contributed by atoms with Gasteiger partial charge in [-0.3, -0.25) is 4.79 Å². The molecule has 126 valence electrons. The predicted molar refractivity (Wildman–Crippen MR) is 99.2 cm³/mol. The Morgan fingerprint density at radius 1 is 0.960 bits per heavy atom. The normalized spacial score (nSPS) is 10.6. The highest BCUT2D eigenvalue weighted by atomic mass is 16.4. The first-order chi connectivity index (χ1) is 11.9. The van der Waals surface area contributed by atoms with E-state index in [1.165, 1.54) is 0 Å². The van der Waals surface area contributed by atoms with Gasteiger partial charge in [0.25, 0.3) is 0 Å². The van der Waals surface area contributed by atoms with E-state index >= 15 is 0 Å². The van der Waals surface area contributed by atoms with Crippen molar-refractivity contribution in [3.63, 3.8) is 0 Å². The maximum Gasteiger partial charge on any atom is 0.336 e. The Balaban J connectivity index is 2.59. The Hall–Kier alpha value is -3.34. The van der Waals surface area contributed by atoms with E-state index in [-0.39, 0.29) is 5.56 Å². The van der Waals surface area contributed by atoms with E-state index in [1.54, 1.807) is 24.3 Å². The lowest BCUT2D eigenvalue weighted by molar-refractivity contribution is 0.0698. The van der Waals surface area contributed by atoms with Gasteiger partial charge in [-0.2, -0.15) is 0 Å². The third-order valence-electron chi connectivity index (χ3n) is 4.18.